The summed E-state index contributed by atoms with van der Waals surface area (Å²) in [5.74, 6) is 0.529. The number of esters is 1. The zero-order valence-electron chi connectivity index (χ0n) is 14.7. The first-order chi connectivity index (χ1) is 12.1. The summed E-state index contributed by atoms with van der Waals surface area (Å²) in [5.41, 5.74) is 1.18. The van der Waals surface area contributed by atoms with Gasteiger partial charge in [0.15, 0.2) is 0 Å². The highest BCUT2D eigenvalue weighted by molar-refractivity contribution is 6.30. The Balaban J connectivity index is 0.00000196. The molecule has 2 aliphatic heterocycles. The van der Waals surface area contributed by atoms with E-state index < -0.39 is 0 Å². The van der Waals surface area contributed by atoms with Gasteiger partial charge in [0.25, 0.3) is 0 Å². The van der Waals surface area contributed by atoms with E-state index in [0.717, 1.165) is 24.3 Å². The smallest absolute Gasteiger partial charge is 0.316 e. The van der Waals surface area contributed by atoms with E-state index in [0.29, 0.717) is 11.8 Å². The summed E-state index contributed by atoms with van der Waals surface area (Å²) in [6.45, 7) is 0. The Morgan fingerprint density at radius 1 is 1.08 bits per heavy atom. The maximum Gasteiger partial charge on any atom is 0.316 e. The lowest BCUT2D eigenvalue weighted by Gasteiger charge is -2.41. The molecule has 4 rings (SSSR count). The number of hydrogen-bond acceptors (Lipinski definition) is 3. The lowest BCUT2D eigenvalue weighted by atomic mass is 9.76. The number of hydrogen-bond donors (Lipinski definition) is 0. The molecule has 4 unspecified atom stereocenters. The van der Waals surface area contributed by atoms with Gasteiger partial charge in [-0.2, -0.15) is 0 Å². The van der Waals surface area contributed by atoms with Crippen LogP contribution in [0.2, 0.25) is 5.02 Å². The molecule has 2 bridgehead atoms. The van der Waals surface area contributed by atoms with Gasteiger partial charge in [0.1, 0.15) is 5.75 Å². The lowest BCUT2D eigenvalue weighted by Crippen LogP contribution is -2.49. The average molecular weight is 392 g/mol. The Morgan fingerprint density at radius 2 is 1.77 bits per heavy atom. The Bertz CT molecular complexity index is 750. The van der Waals surface area contributed by atoms with Crippen molar-refractivity contribution in [3.63, 3.8) is 0 Å². The van der Waals surface area contributed by atoms with Crippen LogP contribution >= 0.6 is 24.0 Å². The van der Waals surface area contributed by atoms with E-state index in [9.17, 15) is 4.79 Å². The third kappa shape index (κ3) is 3.62. The summed E-state index contributed by atoms with van der Waals surface area (Å²) in [6.07, 6.45) is 3.20. The van der Waals surface area contributed by atoms with Crippen LogP contribution < -0.4 is 4.74 Å². The van der Waals surface area contributed by atoms with Crippen molar-refractivity contribution in [2.24, 2.45) is 5.92 Å². The van der Waals surface area contributed by atoms with Crippen LogP contribution in [0.1, 0.15) is 30.7 Å². The predicted octanol–water partition coefficient (Wildman–Crippen LogP) is 4.93. The minimum Gasteiger partial charge on any atom is -0.426 e. The molecular weight excluding hydrogens is 369 g/mol. The first kappa shape index (κ1) is 19.2. The Morgan fingerprint density at radius 3 is 2.46 bits per heavy atom. The molecule has 4 atom stereocenters. The molecule has 0 spiro atoms. The fourth-order valence-electron chi connectivity index (χ4n) is 4.51. The van der Waals surface area contributed by atoms with Crippen molar-refractivity contribution in [3.05, 3.63) is 65.2 Å². The second-order valence-corrected chi connectivity index (χ2v) is 7.55. The van der Waals surface area contributed by atoms with Gasteiger partial charge in [-0.3, -0.25) is 9.69 Å². The average Bonchev–Trinajstić information content (AvgIpc) is 2.86. The molecule has 2 heterocycles. The molecule has 2 saturated heterocycles. The van der Waals surface area contributed by atoms with Gasteiger partial charge in [-0.25, -0.2) is 0 Å². The maximum absolute atomic E-state index is 13.1. The van der Waals surface area contributed by atoms with Crippen molar-refractivity contribution >= 4 is 30.0 Å². The van der Waals surface area contributed by atoms with E-state index in [2.05, 4.69) is 24.1 Å². The van der Waals surface area contributed by atoms with Crippen molar-refractivity contribution in [1.29, 1.82) is 0 Å². The van der Waals surface area contributed by atoms with Crippen molar-refractivity contribution in [3.8, 4) is 5.75 Å². The van der Waals surface area contributed by atoms with E-state index in [1.54, 1.807) is 0 Å². The first-order valence-corrected chi connectivity index (χ1v) is 9.25. The molecule has 0 aliphatic carbocycles. The van der Waals surface area contributed by atoms with Crippen LogP contribution in [0.15, 0.2) is 54.6 Å². The molecule has 2 aromatic carbocycles. The van der Waals surface area contributed by atoms with Gasteiger partial charge >= 0.3 is 5.97 Å². The molecule has 0 radical (unpaired) electrons. The highest BCUT2D eigenvalue weighted by Gasteiger charge is 2.49. The largest absolute Gasteiger partial charge is 0.426 e. The minimum absolute atomic E-state index is 0. The van der Waals surface area contributed by atoms with Crippen molar-refractivity contribution in [1.82, 2.24) is 4.90 Å². The summed E-state index contributed by atoms with van der Waals surface area (Å²) in [4.78, 5) is 15.5. The normalized spacial score (nSPS) is 27.6. The van der Waals surface area contributed by atoms with E-state index in [4.69, 9.17) is 16.3 Å². The van der Waals surface area contributed by atoms with Crippen LogP contribution in [0.25, 0.3) is 0 Å². The van der Waals surface area contributed by atoms with E-state index in [1.165, 1.54) is 5.56 Å². The van der Waals surface area contributed by atoms with Crippen LogP contribution in [0, 0.1) is 5.92 Å². The van der Waals surface area contributed by atoms with Crippen molar-refractivity contribution in [2.75, 3.05) is 7.05 Å². The van der Waals surface area contributed by atoms with Gasteiger partial charge in [-0.15, -0.1) is 12.4 Å². The number of halogens is 2. The third-order valence-corrected chi connectivity index (χ3v) is 6.05. The Labute approximate surface area is 165 Å². The highest BCUT2D eigenvalue weighted by atomic mass is 35.5. The van der Waals surface area contributed by atoms with Crippen molar-refractivity contribution < 1.29 is 9.53 Å². The van der Waals surface area contributed by atoms with Gasteiger partial charge in [0, 0.05) is 23.0 Å². The molecule has 0 amide bonds. The second-order valence-electron chi connectivity index (χ2n) is 7.12. The molecule has 2 aromatic rings. The van der Waals surface area contributed by atoms with Crippen molar-refractivity contribution in [2.45, 2.75) is 37.3 Å². The quantitative estimate of drug-likeness (QED) is 0.548. The number of ether oxygens (including phenoxy) is 1. The van der Waals surface area contributed by atoms with Gasteiger partial charge in [0.2, 0.25) is 0 Å². The van der Waals surface area contributed by atoms with Crippen LogP contribution in [0.5, 0.6) is 5.75 Å². The van der Waals surface area contributed by atoms with E-state index in [-0.39, 0.29) is 36.3 Å². The SMILES string of the molecule is CN1C2CCC1C(C(=O)Oc1ccccc1)C(c1ccc(Cl)cc1)C2.Cl. The summed E-state index contributed by atoms with van der Waals surface area (Å²) in [5, 5.41) is 0.725. The number of carbonyl (C=O) groups excluding carboxylic acids is 1. The van der Waals surface area contributed by atoms with Gasteiger partial charge in [0.05, 0.1) is 5.92 Å². The summed E-state index contributed by atoms with van der Waals surface area (Å²) >= 11 is 6.05. The molecule has 0 N–H and O–H groups in total. The van der Waals surface area contributed by atoms with Gasteiger partial charge in [-0.1, -0.05) is 41.9 Å². The highest BCUT2D eigenvalue weighted by Crippen LogP contribution is 2.46. The molecule has 0 saturated carbocycles. The maximum atomic E-state index is 13.1. The molecule has 2 fully saturated rings. The molecule has 5 heteroatoms. The number of fused-ring (bicyclic) bond motifs is 2. The number of benzene rings is 2. The molecular formula is C21H23Cl2NO2. The third-order valence-electron chi connectivity index (χ3n) is 5.80. The topological polar surface area (TPSA) is 29.5 Å². The Kier molecular flexibility index (Phi) is 5.91. The van der Waals surface area contributed by atoms with Crippen LogP contribution in [0.3, 0.4) is 0 Å². The summed E-state index contributed by atoms with van der Waals surface area (Å²) in [6, 6.07) is 18.1. The van der Waals surface area contributed by atoms with Gasteiger partial charge in [-0.05, 0) is 56.1 Å². The lowest BCUT2D eigenvalue weighted by molar-refractivity contribution is -0.143. The van der Waals surface area contributed by atoms with Gasteiger partial charge < -0.3 is 4.74 Å². The van der Waals surface area contributed by atoms with E-state index in [1.807, 2.05) is 42.5 Å². The first-order valence-electron chi connectivity index (χ1n) is 8.87. The fraction of sp³-hybridized carbons (Fsp3) is 0.381. The zero-order valence-corrected chi connectivity index (χ0v) is 16.2. The molecule has 2 aliphatic rings. The minimum atomic E-state index is -0.148. The standard InChI is InChI=1S/C21H22ClNO2.ClH/c1-23-16-11-12-19(23)20(21(24)25-17-5-3-2-4-6-17)18(13-16)14-7-9-15(22)10-8-14;/h2-10,16,18-20H,11-13H2,1H3;1H. The number of nitrogens with zero attached hydrogens (tertiary/aromatic N) is 1. The predicted molar refractivity (Wildman–Crippen MR) is 106 cm³/mol. The van der Waals surface area contributed by atoms with Crippen LogP contribution in [-0.2, 0) is 4.79 Å². The van der Waals surface area contributed by atoms with Crippen LogP contribution in [-0.4, -0.2) is 30.0 Å². The number of para-hydroxylation sites is 1. The second kappa shape index (κ2) is 7.99. The molecule has 138 valence electrons. The molecule has 26 heavy (non-hydrogen) atoms. The zero-order chi connectivity index (χ0) is 17.4. The summed E-state index contributed by atoms with van der Waals surface area (Å²) in [7, 11) is 2.14. The monoisotopic (exact) mass is 391 g/mol. The number of carbonyl (C=O) groups is 1. The number of piperidine rings is 1. The van der Waals surface area contributed by atoms with E-state index >= 15 is 0 Å². The molecule has 3 nitrogen and oxygen atoms in total. The summed E-state index contributed by atoms with van der Waals surface area (Å²) < 4.78 is 5.74. The molecule has 0 aromatic heterocycles. The Hall–Kier alpha value is -1.55. The fourth-order valence-corrected chi connectivity index (χ4v) is 4.64. The number of rotatable bonds is 3. The van der Waals surface area contributed by atoms with Crippen LogP contribution in [0.4, 0.5) is 0 Å².